The van der Waals surface area contributed by atoms with E-state index in [-0.39, 0.29) is 29.3 Å². The van der Waals surface area contributed by atoms with Gasteiger partial charge < -0.3 is 5.11 Å². The first-order chi connectivity index (χ1) is 17.6. The molecule has 0 aromatic heterocycles. The van der Waals surface area contributed by atoms with Crippen molar-refractivity contribution < 1.29 is 39.4 Å². The Morgan fingerprint density at radius 2 is 1.79 bits per heavy atom. The van der Waals surface area contributed by atoms with Crippen LogP contribution >= 0.6 is 0 Å². The van der Waals surface area contributed by atoms with E-state index in [2.05, 4.69) is 26.5 Å². The Morgan fingerprint density at radius 1 is 1.08 bits per heavy atom. The fourth-order valence-electron chi connectivity index (χ4n) is 9.02. The molecule has 9 atom stereocenters. The van der Waals surface area contributed by atoms with Crippen LogP contribution in [0.4, 0.5) is 0 Å². The number of aliphatic hydroxyl groups is 1. The molecule has 4 rings (SSSR count). The highest BCUT2D eigenvalue weighted by atomic mass is 32.3. The highest BCUT2D eigenvalue weighted by Gasteiger charge is 2.60. The highest BCUT2D eigenvalue weighted by molar-refractivity contribution is 7.81. The number of aliphatic hydroxyl groups excluding tert-OH is 1. The number of hydrogen-bond acceptors (Lipinski definition) is 7. The number of allylic oxidation sites excluding steroid dienone is 2. The Labute approximate surface area is 228 Å². The molecule has 0 aliphatic heterocycles. The number of hydrogen-bond donors (Lipinski definition) is 3. The molecule has 0 saturated heterocycles. The van der Waals surface area contributed by atoms with Crippen LogP contribution in [0.3, 0.4) is 0 Å². The van der Waals surface area contributed by atoms with E-state index >= 15 is 0 Å². The van der Waals surface area contributed by atoms with Crippen LogP contribution < -0.4 is 0 Å². The lowest BCUT2D eigenvalue weighted by Crippen LogP contribution is -2.54. The van der Waals surface area contributed by atoms with Gasteiger partial charge in [-0.2, -0.15) is 16.8 Å². The maximum atomic E-state index is 11.4. The molecule has 9 nitrogen and oxygen atoms in total. The summed E-state index contributed by atoms with van der Waals surface area (Å²) < 4.78 is 73.6. The lowest BCUT2D eigenvalue weighted by molar-refractivity contribution is -0.0788. The van der Waals surface area contributed by atoms with Gasteiger partial charge in [0.1, 0.15) is 12.2 Å². The minimum Gasteiger partial charge on any atom is -0.386 e. The molecule has 3 saturated carbocycles. The summed E-state index contributed by atoms with van der Waals surface area (Å²) >= 11 is 0. The quantitative estimate of drug-likeness (QED) is 0.244. The largest absolute Gasteiger partial charge is 0.397 e. The fraction of sp³-hybridized carbons (Fsp3) is 0.852. The number of fused-ring (bicyclic) bond motifs is 5. The predicted molar refractivity (Wildman–Crippen MR) is 143 cm³/mol. The van der Waals surface area contributed by atoms with Crippen molar-refractivity contribution in [2.75, 3.05) is 6.61 Å². The zero-order valence-electron chi connectivity index (χ0n) is 22.7. The minimum absolute atomic E-state index is 0.0147. The first-order valence-corrected chi connectivity index (χ1v) is 16.6. The third-order valence-electron chi connectivity index (χ3n) is 10.6. The first-order valence-electron chi connectivity index (χ1n) is 13.9. The Bertz CT molecular complexity index is 1150. The SMILES string of the molecule is C=C(C)CCC[C@@H](COS(=O)(=O)O)[C@H]1CC[C@H]2[C@@H]3CC=C4[C@@H](O)[C@@H](OS(=O)(=O)O)CC[C@]4(C)[C@H]3CC[C@]12C. The molecule has 218 valence electrons. The van der Waals surface area contributed by atoms with Gasteiger partial charge in [0.05, 0.1) is 6.61 Å². The van der Waals surface area contributed by atoms with Crippen molar-refractivity contribution in [2.24, 2.45) is 40.4 Å². The van der Waals surface area contributed by atoms with Crippen molar-refractivity contribution in [1.82, 2.24) is 0 Å². The maximum absolute atomic E-state index is 11.4. The van der Waals surface area contributed by atoms with Crippen LogP contribution in [0.15, 0.2) is 23.8 Å². The van der Waals surface area contributed by atoms with E-state index in [9.17, 15) is 26.5 Å². The highest BCUT2D eigenvalue weighted by Crippen LogP contribution is 2.67. The van der Waals surface area contributed by atoms with Crippen molar-refractivity contribution in [1.29, 1.82) is 0 Å². The van der Waals surface area contributed by atoms with Crippen LogP contribution in [0.2, 0.25) is 0 Å². The molecule has 0 radical (unpaired) electrons. The maximum Gasteiger partial charge on any atom is 0.397 e. The van der Waals surface area contributed by atoms with E-state index in [4.69, 9.17) is 12.9 Å². The molecule has 3 fully saturated rings. The zero-order valence-corrected chi connectivity index (χ0v) is 24.3. The van der Waals surface area contributed by atoms with Gasteiger partial charge >= 0.3 is 20.8 Å². The van der Waals surface area contributed by atoms with Gasteiger partial charge in [0.25, 0.3) is 0 Å². The molecule has 0 bridgehead atoms. The Hall–Kier alpha value is -0.820. The zero-order chi connectivity index (χ0) is 28.1. The van der Waals surface area contributed by atoms with Crippen LogP contribution in [-0.2, 0) is 29.2 Å². The summed E-state index contributed by atoms with van der Waals surface area (Å²) in [6.07, 6.45) is 8.40. The summed E-state index contributed by atoms with van der Waals surface area (Å²) in [5.74, 6) is 1.50. The lowest BCUT2D eigenvalue weighted by atomic mass is 9.46. The summed E-state index contributed by atoms with van der Waals surface area (Å²) in [6.45, 7) is 10.5. The van der Waals surface area contributed by atoms with E-state index in [1.54, 1.807) is 0 Å². The third kappa shape index (κ3) is 6.09. The van der Waals surface area contributed by atoms with E-state index in [0.29, 0.717) is 30.6 Å². The molecular weight excluding hydrogens is 532 g/mol. The van der Waals surface area contributed by atoms with Gasteiger partial charge in [0.2, 0.25) is 0 Å². The summed E-state index contributed by atoms with van der Waals surface area (Å²) in [4.78, 5) is 0. The Morgan fingerprint density at radius 3 is 2.42 bits per heavy atom. The van der Waals surface area contributed by atoms with Gasteiger partial charge in [-0.05, 0) is 117 Å². The summed E-state index contributed by atoms with van der Waals surface area (Å²) in [7, 11) is -9.17. The van der Waals surface area contributed by atoms with Crippen molar-refractivity contribution in [3.05, 3.63) is 23.8 Å². The summed E-state index contributed by atoms with van der Waals surface area (Å²) in [6, 6.07) is 0. The molecule has 11 heteroatoms. The van der Waals surface area contributed by atoms with Gasteiger partial charge in [0, 0.05) is 0 Å². The van der Waals surface area contributed by atoms with Crippen LogP contribution in [0, 0.1) is 40.4 Å². The molecule has 3 N–H and O–H groups in total. The molecule has 4 aliphatic rings. The second-order valence-corrected chi connectivity index (χ2v) is 14.9. The van der Waals surface area contributed by atoms with Crippen LogP contribution in [0.5, 0.6) is 0 Å². The normalized spacial score (nSPS) is 40.0. The predicted octanol–water partition coefficient (Wildman–Crippen LogP) is 4.91. The van der Waals surface area contributed by atoms with Crippen LogP contribution in [0.1, 0.15) is 85.0 Å². The number of rotatable bonds is 10. The standard InChI is InChI=1S/C27H44O9S2/c1-17(2)6-5-7-18(16-35-37(29,30)31)20-10-11-21-19-8-9-23-25(28)24(36-38(32,33)34)13-15-27(23,4)22(19)12-14-26(20,21)3/h9,18-22,24-25,28H,1,5-8,10-16H2,2-4H3,(H,29,30,31)(H,32,33,34)/t18-,19-,20+,21-,22-,24-,25+,26+,27+/m0/s1. The molecule has 38 heavy (non-hydrogen) atoms. The average molecular weight is 577 g/mol. The van der Waals surface area contributed by atoms with E-state index in [1.807, 2.05) is 6.92 Å². The first kappa shape index (κ1) is 30.1. The van der Waals surface area contributed by atoms with Gasteiger partial charge in [-0.1, -0.05) is 25.5 Å². The van der Waals surface area contributed by atoms with E-state index in [0.717, 1.165) is 62.5 Å². The van der Waals surface area contributed by atoms with Crippen LogP contribution in [0.25, 0.3) is 0 Å². The fourth-order valence-corrected chi connectivity index (χ4v) is 9.88. The third-order valence-corrected chi connectivity index (χ3v) is 11.6. The van der Waals surface area contributed by atoms with Crippen molar-refractivity contribution in [3.63, 3.8) is 0 Å². The minimum atomic E-state index is -4.65. The van der Waals surface area contributed by atoms with Crippen molar-refractivity contribution in [3.8, 4) is 0 Å². The smallest absolute Gasteiger partial charge is 0.386 e. The molecule has 0 aromatic rings. The molecular formula is C27H44O9S2. The molecule has 0 heterocycles. The van der Waals surface area contributed by atoms with Crippen molar-refractivity contribution >= 4 is 20.8 Å². The van der Waals surface area contributed by atoms with Gasteiger partial charge in [-0.15, -0.1) is 6.58 Å². The molecule has 0 aromatic carbocycles. The van der Waals surface area contributed by atoms with Gasteiger partial charge in [-0.25, -0.2) is 8.37 Å². The lowest BCUT2D eigenvalue weighted by Gasteiger charge is -2.59. The molecule has 4 aliphatic carbocycles. The van der Waals surface area contributed by atoms with E-state index < -0.39 is 33.0 Å². The van der Waals surface area contributed by atoms with Crippen molar-refractivity contribution in [2.45, 2.75) is 97.2 Å². The Balaban J connectivity index is 1.55. The second kappa shape index (κ2) is 10.9. The summed E-state index contributed by atoms with van der Waals surface area (Å²) in [5, 5.41) is 11.0. The summed E-state index contributed by atoms with van der Waals surface area (Å²) in [5.41, 5.74) is 1.67. The van der Waals surface area contributed by atoms with Crippen LogP contribution in [-0.4, -0.2) is 49.9 Å². The average Bonchev–Trinajstić information content (AvgIpc) is 3.14. The van der Waals surface area contributed by atoms with E-state index in [1.165, 1.54) is 0 Å². The molecule has 0 unspecified atom stereocenters. The molecule has 0 spiro atoms. The monoisotopic (exact) mass is 576 g/mol. The Kier molecular flexibility index (Phi) is 8.62. The van der Waals surface area contributed by atoms with Gasteiger partial charge in [0.15, 0.2) is 0 Å². The van der Waals surface area contributed by atoms with Gasteiger partial charge in [-0.3, -0.25) is 9.11 Å². The topological polar surface area (TPSA) is 147 Å². The second-order valence-electron chi connectivity index (χ2n) is 12.8. The molecule has 0 amide bonds.